The first-order valence-corrected chi connectivity index (χ1v) is 9.06. The minimum atomic E-state index is -0.125. The summed E-state index contributed by atoms with van der Waals surface area (Å²) in [6, 6.07) is 7.66. The number of carbonyl (C=O) groups excluding carboxylic acids is 1. The number of amides is 2. The number of carbonyl (C=O) groups is 1. The van der Waals surface area contributed by atoms with Crippen molar-refractivity contribution in [1.82, 2.24) is 29.8 Å². The smallest absolute Gasteiger partial charge is 0.321 e. The molecule has 9 heteroatoms. The van der Waals surface area contributed by atoms with Crippen molar-refractivity contribution in [2.45, 2.75) is 32.2 Å². The summed E-state index contributed by atoms with van der Waals surface area (Å²) in [4.78, 5) is 18.9. The molecule has 27 heavy (non-hydrogen) atoms. The van der Waals surface area contributed by atoms with E-state index in [-0.39, 0.29) is 6.03 Å². The van der Waals surface area contributed by atoms with Gasteiger partial charge in [-0.05, 0) is 25.0 Å². The zero-order valence-electron chi connectivity index (χ0n) is 15.1. The van der Waals surface area contributed by atoms with Crippen molar-refractivity contribution in [3.05, 3.63) is 42.7 Å². The normalized spacial score (nSPS) is 15.1. The highest BCUT2D eigenvalue weighted by molar-refractivity contribution is 5.93. The molecule has 0 aliphatic carbocycles. The third-order valence-electron chi connectivity index (χ3n) is 4.79. The molecule has 0 spiro atoms. The minimum Gasteiger partial charge on any atom is -0.334 e. The summed E-state index contributed by atoms with van der Waals surface area (Å²) in [6.45, 7) is 3.32. The zero-order chi connectivity index (χ0) is 18.6. The molecule has 0 unspecified atom stereocenters. The van der Waals surface area contributed by atoms with Crippen LogP contribution in [0.4, 0.5) is 10.5 Å². The molecule has 140 valence electrons. The van der Waals surface area contributed by atoms with Crippen LogP contribution in [-0.2, 0) is 6.42 Å². The van der Waals surface area contributed by atoms with E-state index in [4.69, 9.17) is 4.52 Å². The first-order chi connectivity index (χ1) is 13.2. The summed E-state index contributed by atoms with van der Waals surface area (Å²) < 4.78 is 7.33. The molecule has 0 radical (unpaired) electrons. The highest BCUT2D eigenvalue weighted by Crippen LogP contribution is 2.28. The van der Waals surface area contributed by atoms with Crippen molar-refractivity contribution in [1.29, 1.82) is 0 Å². The Morgan fingerprint density at radius 2 is 1.96 bits per heavy atom. The molecule has 4 rings (SSSR count). The highest BCUT2D eigenvalue weighted by atomic mass is 16.5. The minimum absolute atomic E-state index is 0.125. The van der Waals surface area contributed by atoms with E-state index in [1.807, 2.05) is 40.7 Å². The number of nitrogens with zero attached hydrogens (tertiary/aromatic N) is 6. The van der Waals surface area contributed by atoms with E-state index < -0.39 is 0 Å². The number of aromatic nitrogens is 5. The lowest BCUT2D eigenvalue weighted by Crippen LogP contribution is -2.41. The molecule has 3 aromatic rings. The molecule has 2 amide bonds. The van der Waals surface area contributed by atoms with Crippen LogP contribution in [-0.4, -0.2) is 48.9 Å². The van der Waals surface area contributed by atoms with Gasteiger partial charge in [-0.2, -0.15) is 4.98 Å². The Morgan fingerprint density at radius 3 is 2.67 bits per heavy atom. The molecule has 1 aliphatic rings. The maximum atomic E-state index is 12.7. The monoisotopic (exact) mass is 367 g/mol. The summed E-state index contributed by atoms with van der Waals surface area (Å²) >= 11 is 0. The number of hydrogen-bond donors (Lipinski definition) is 1. The number of benzene rings is 1. The molecule has 1 aliphatic heterocycles. The average molecular weight is 367 g/mol. The van der Waals surface area contributed by atoms with Gasteiger partial charge >= 0.3 is 6.03 Å². The van der Waals surface area contributed by atoms with Crippen LogP contribution in [0.2, 0.25) is 0 Å². The molecular formula is C18H21N7O2. The molecule has 2 aromatic heterocycles. The predicted octanol–water partition coefficient (Wildman–Crippen LogP) is 2.76. The van der Waals surface area contributed by atoms with Crippen molar-refractivity contribution in [3.8, 4) is 11.5 Å². The SMILES string of the molecule is CCc1noc(-c2ccccc2NC(=O)N2CCC(n3cnnc3)CC2)n1. The number of hydrogen-bond acceptors (Lipinski definition) is 6. The van der Waals surface area contributed by atoms with Gasteiger partial charge in [0.15, 0.2) is 5.82 Å². The molecule has 1 saturated heterocycles. The maximum Gasteiger partial charge on any atom is 0.321 e. The second-order valence-electron chi connectivity index (χ2n) is 6.47. The van der Waals surface area contributed by atoms with E-state index in [1.165, 1.54) is 0 Å². The second-order valence-corrected chi connectivity index (χ2v) is 6.47. The Labute approximate surface area is 156 Å². The fourth-order valence-electron chi connectivity index (χ4n) is 3.24. The first kappa shape index (κ1) is 17.2. The molecule has 0 atom stereocenters. The number of likely N-dealkylation sites (tertiary alicyclic amines) is 1. The lowest BCUT2D eigenvalue weighted by atomic mass is 10.1. The van der Waals surface area contributed by atoms with Gasteiger partial charge in [0.2, 0.25) is 0 Å². The van der Waals surface area contributed by atoms with Gasteiger partial charge in [-0.25, -0.2) is 4.79 Å². The quantitative estimate of drug-likeness (QED) is 0.761. The van der Waals surface area contributed by atoms with E-state index in [0.29, 0.717) is 43.0 Å². The lowest BCUT2D eigenvalue weighted by Gasteiger charge is -2.32. The highest BCUT2D eigenvalue weighted by Gasteiger charge is 2.24. The van der Waals surface area contributed by atoms with Crippen LogP contribution in [0.1, 0.15) is 31.6 Å². The summed E-state index contributed by atoms with van der Waals surface area (Å²) in [6.07, 6.45) is 5.89. The predicted molar refractivity (Wildman–Crippen MR) is 98.0 cm³/mol. The van der Waals surface area contributed by atoms with Gasteiger partial charge in [-0.1, -0.05) is 24.2 Å². The number of anilines is 1. The number of piperidine rings is 1. The number of aryl methyl sites for hydroxylation is 1. The number of nitrogens with one attached hydrogen (secondary N) is 1. The van der Waals surface area contributed by atoms with Crippen molar-refractivity contribution in [2.24, 2.45) is 0 Å². The van der Waals surface area contributed by atoms with Crippen molar-refractivity contribution in [3.63, 3.8) is 0 Å². The first-order valence-electron chi connectivity index (χ1n) is 9.06. The van der Waals surface area contributed by atoms with Crippen LogP contribution >= 0.6 is 0 Å². The Bertz CT molecular complexity index is 898. The summed E-state index contributed by atoms with van der Waals surface area (Å²) in [7, 11) is 0. The molecule has 0 saturated carbocycles. The zero-order valence-corrected chi connectivity index (χ0v) is 15.1. The standard InChI is InChI=1S/C18H21N7O2/c1-2-16-22-17(27-23-16)14-5-3-4-6-15(14)21-18(26)24-9-7-13(8-10-24)25-11-19-20-12-25/h3-6,11-13H,2,7-10H2,1H3,(H,21,26). The van der Waals surface area contributed by atoms with Crippen LogP contribution in [0.5, 0.6) is 0 Å². The van der Waals surface area contributed by atoms with Gasteiger partial charge in [0.05, 0.1) is 11.3 Å². The van der Waals surface area contributed by atoms with Crippen LogP contribution < -0.4 is 5.32 Å². The summed E-state index contributed by atoms with van der Waals surface area (Å²) in [5.41, 5.74) is 1.38. The van der Waals surface area contributed by atoms with E-state index in [2.05, 4.69) is 25.7 Å². The van der Waals surface area contributed by atoms with Crippen molar-refractivity contribution >= 4 is 11.7 Å². The van der Waals surface area contributed by atoms with Crippen LogP contribution in [0.25, 0.3) is 11.5 Å². The van der Waals surface area contributed by atoms with Gasteiger partial charge in [0.25, 0.3) is 5.89 Å². The Balaban J connectivity index is 1.43. The van der Waals surface area contributed by atoms with Crippen molar-refractivity contribution < 1.29 is 9.32 Å². The third-order valence-corrected chi connectivity index (χ3v) is 4.79. The fraction of sp³-hybridized carbons (Fsp3) is 0.389. The number of rotatable bonds is 4. The van der Waals surface area contributed by atoms with Crippen molar-refractivity contribution in [2.75, 3.05) is 18.4 Å². The number of para-hydroxylation sites is 1. The lowest BCUT2D eigenvalue weighted by molar-refractivity contribution is 0.183. The molecule has 0 bridgehead atoms. The molecular weight excluding hydrogens is 346 g/mol. The van der Waals surface area contributed by atoms with E-state index >= 15 is 0 Å². The van der Waals surface area contributed by atoms with Gasteiger partial charge in [-0.3, -0.25) is 0 Å². The molecule has 1 aromatic carbocycles. The van der Waals surface area contributed by atoms with Gasteiger partial charge in [-0.15, -0.1) is 10.2 Å². The van der Waals surface area contributed by atoms with E-state index in [1.54, 1.807) is 12.7 Å². The fourth-order valence-corrected chi connectivity index (χ4v) is 3.24. The summed E-state index contributed by atoms with van der Waals surface area (Å²) in [5, 5.41) is 14.6. The summed E-state index contributed by atoms with van der Waals surface area (Å²) in [5.74, 6) is 1.05. The van der Waals surface area contributed by atoms with E-state index in [9.17, 15) is 4.79 Å². The average Bonchev–Trinajstić information content (AvgIpc) is 3.40. The van der Waals surface area contributed by atoms with Gasteiger partial charge < -0.3 is 19.3 Å². The van der Waals surface area contributed by atoms with Crippen LogP contribution in [0.15, 0.2) is 41.4 Å². The number of urea groups is 1. The van der Waals surface area contributed by atoms with Crippen LogP contribution in [0, 0.1) is 0 Å². The maximum absolute atomic E-state index is 12.7. The Kier molecular flexibility index (Phi) is 4.82. The largest absolute Gasteiger partial charge is 0.334 e. The van der Waals surface area contributed by atoms with Gasteiger partial charge in [0.1, 0.15) is 12.7 Å². The third kappa shape index (κ3) is 3.67. The Morgan fingerprint density at radius 1 is 1.22 bits per heavy atom. The van der Waals surface area contributed by atoms with Gasteiger partial charge in [0, 0.05) is 25.6 Å². The topological polar surface area (TPSA) is 102 Å². The molecule has 3 heterocycles. The molecule has 1 N–H and O–H groups in total. The Hall–Kier alpha value is -3.23. The van der Waals surface area contributed by atoms with Crippen LogP contribution in [0.3, 0.4) is 0 Å². The second kappa shape index (κ2) is 7.56. The van der Waals surface area contributed by atoms with E-state index in [0.717, 1.165) is 18.4 Å². The molecule has 1 fully saturated rings. The molecule has 9 nitrogen and oxygen atoms in total.